The molecule has 0 spiro atoms. The standard InChI is InChI=1S/C27H23IN2O3/c1-18-8-3-4-10-21(18)17-33-26-24(28)14-19(15-25(26)32-2)16-29-30-27(31)23-13-7-11-20-9-5-6-12-22(20)23/h3-16H,17H2,1-2H3,(H,30,31)/b29-16-. The van der Waals surface area contributed by atoms with E-state index in [1.165, 1.54) is 5.56 Å². The van der Waals surface area contributed by atoms with E-state index in [4.69, 9.17) is 9.47 Å². The van der Waals surface area contributed by atoms with Crippen LogP contribution in [0.4, 0.5) is 0 Å². The largest absolute Gasteiger partial charge is 0.493 e. The lowest BCUT2D eigenvalue weighted by molar-refractivity contribution is 0.0957. The van der Waals surface area contributed by atoms with Crippen molar-refractivity contribution in [2.75, 3.05) is 7.11 Å². The molecule has 0 radical (unpaired) electrons. The number of benzene rings is 4. The first-order chi connectivity index (χ1) is 16.1. The molecule has 1 N–H and O–H groups in total. The summed E-state index contributed by atoms with van der Waals surface area (Å²) in [5, 5.41) is 6.05. The van der Waals surface area contributed by atoms with Crippen molar-refractivity contribution in [2.24, 2.45) is 5.10 Å². The summed E-state index contributed by atoms with van der Waals surface area (Å²) in [5.41, 5.74) is 6.29. The minimum absolute atomic E-state index is 0.261. The molecular weight excluding hydrogens is 527 g/mol. The fourth-order valence-corrected chi connectivity index (χ4v) is 4.31. The molecule has 0 fully saturated rings. The summed E-state index contributed by atoms with van der Waals surface area (Å²) >= 11 is 2.22. The van der Waals surface area contributed by atoms with Gasteiger partial charge in [0, 0.05) is 5.56 Å². The number of hydrogen-bond donors (Lipinski definition) is 1. The third kappa shape index (κ3) is 5.34. The Kier molecular flexibility index (Phi) is 7.24. The predicted molar refractivity (Wildman–Crippen MR) is 140 cm³/mol. The maximum atomic E-state index is 12.7. The molecule has 0 heterocycles. The van der Waals surface area contributed by atoms with Gasteiger partial charge in [0.15, 0.2) is 11.5 Å². The van der Waals surface area contributed by atoms with Crippen molar-refractivity contribution in [3.05, 3.63) is 105 Å². The molecule has 0 aliphatic rings. The van der Waals surface area contributed by atoms with E-state index < -0.39 is 0 Å². The lowest BCUT2D eigenvalue weighted by atomic mass is 10.0. The van der Waals surface area contributed by atoms with Crippen molar-refractivity contribution < 1.29 is 14.3 Å². The van der Waals surface area contributed by atoms with Crippen LogP contribution in [0.1, 0.15) is 27.0 Å². The third-order valence-electron chi connectivity index (χ3n) is 5.30. The van der Waals surface area contributed by atoms with Crippen LogP contribution in [-0.2, 0) is 6.61 Å². The number of hydrazone groups is 1. The van der Waals surface area contributed by atoms with Gasteiger partial charge in [-0.05, 0) is 75.2 Å². The van der Waals surface area contributed by atoms with Gasteiger partial charge in [0.2, 0.25) is 0 Å². The average molecular weight is 550 g/mol. The Balaban J connectivity index is 1.48. The van der Waals surface area contributed by atoms with Gasteiger partial charge in [-0.2, -0.15) is 5.10 Å². The highest BCUT2D eigenvalue weighted by Crippen LogP contribution is 2.34. The van der Waals surface area contributed by atoms with Gasteiger partial charge in [-0.25, -0.2) is 5.43 Å². The van der Waals surface area contributed by atoms with Gasteiger partial charge in [0.05, 0.1) is 16.9 Å². The Morgan fingerprint density at radius 2 is 1.79 bits per heavy atom. The number of nitrogens with one attached hydrogen (secondary N) is 1. The molecule has 6 heteroatoms. The lowest BCUT2D eigenvalue weighted by Gasteiger charge is -2.14. The van der Waals surface area contributed by atoms with Gasteiger partial charge in [-0.3, -0.25) is 4.79 Å². The van der Waals surface area contributed by atoms with Crippen LogP contribution in [0.15, 0.2) is 84.0 Å². The second kappa shape index (κ2) is 10.5. The van der Waals surface area contributed by atoms with E-state index in [0.29, 0.717) is 23.7 Å². The highest BCUT2D eigenvalue weighted by molar-refractivity contribution is 14.1. The molecule has 4 aromatic carbocycles. The van der Waals surface area contributed by atoms with E-state index in [-0.39, 0.29) is 5.91 Å². The number of hydrogen-bond acceptors (Lipinski definition) is 4. The van der Waals surface area contributed by atoms with Crippen LogP contribution in [0.3, 0.4) is 0 Å². The summed E-state index contributed by atoms with van der Waals surface area (Å²) in [6.07, 6.45) is 1.60. The summed E-state index contributed by atoms with van der Waals surface area (Å²) < 4.78 is 12.5. The van der Waals surface area contributed by atoms with Crippen LogP contribution in [0, 0.1) is 10.5 Å². The molecule has 0 atom stereocenters. The Bertz CT molecular complexity index is 1330. The molecule has 5 nitrogen and oxygen atoms in total. The summed E-state index contributed by atoms with van der Waals surface area (Å²) in [5.74, 6) is 1.03. The second-order valence-electron chi connectivity index (χ2n) is 7.48. The number of rotatable bonds is 7. The first-order valence-electron chi connectivity index (χ1n) is 10.4. The zero-order valence-electron chi connectivity index (χ0n) is 18.3. The fraction of sp³-hybridized carbons (Fsp3) is 0.111. The first-order valence-corrected chi connectivity index (χ1v) is 11.5. The van der Waals surface area contributed by atoms with Gasteiger partial charge < -0.3 is 9.47 Å². The van der Waals surface area contributed by atoms with E-state index >= 15 is 0 Å². The average Bonchev–Trinajstić information content (AvgIpc) is 2.83. The Hall–Kier alpha value is -3.39. The van der Waals surface area contributed by atoms with Crippen LogP contribution >= 0.6 is 22.6 Å². The third-order valence-corrected chi connectivity index (χ3v) is 6.10. The molecule has 1 amide bonds. The maximum Gasteiger partial charge on any atom is 0.271 e. The molecule has 0 bridgehead atoms. The predicted octanol–water partition coefficient (Wildman–Crippen LogP) is 6.10. The SMILES string of the molecule is COc1cc(/C=N\NC(=O)c2cccc3ccccc23)cc(I)c1OCc1ccccc1C. The van der Waals surface area contributed by atoms with Crippen LogP contribution in [-0.4, -0.2) is 19.2 Å². The number of nitrogens with zero attached hydrogens (tertiary/aromatic N) is 1. The lowest BCUT2D eigenvalue weighted by Crippen LogP contribution is -2.17. The van der Waals surface area contributed by atoms with Crippen LogP contribution < -0.4 is 14.9 Å². The number of carbonyl (C=O) groups is 1. The van der Waals surface area contributed by atoms with Crippen molar-refractivity contribution in [1.82, 2.24) is 5.43 Å². The van der Waals surface area contributed by atoms with Crippen LogP contribution in [0.2, 0.25) is 0 Å². The smallest absolute Gasteiger partial charge is 0.271 e. The molecular formula is C27H23IN2O3. The highest BCUT2D eigenvalue weighted by atomic mass is 127. The number of fused-ring (bicyclic) bond motifs is 1. The molecule has 166 valence electrons. The van der Waals surface area contributed by atoms with E-state index in [0.717, 1.165) is 25.5 Å². The minimum Gasteiger partial charge on any atom is -0.493 e. The second-order valence-corrected chi connectivity index (χ2v) is 8.64. The Morgan fingerprint density at radius 1 is 1.03 bits per heavy atom. The first kappa shape index (κ1) is 22.8. The molecule has 0 aliphatic carbocycles. The number of halogens is 1. The van der Waals surface area contributed by atoms with E-state index in [1.54, 1.807) is 19.4 Å². The Labute approximate surface area is 206 Å². The van der Waals surface area contributed by atoms with Gasteiger partial charge >= 0.3 is 0 Å². The molecule has 0 saturated carbocycles. The van der Waals surface area contributed by atoms with Crippen molar-refractivity contribution in [3.63, 3.8) is 0 Å². The van der Waals surface area contributed by atoms with Crippen molar-refractivity contribution in [1.29, 1.82) is 0 Å². The summed E-state index contributed by atoms with van der Waals surface area (Å²) in [7, 11) is 1.61. The number of carbonyl (C=O) groups excluding carboxylic acids is 1. The summed E-state index contributed by atoms with van der Waals surface area (Å²) in [4.78, 5) is 12.7. The molecule has 0 aromatic heterocycles. The quantitative estimate of drug-likeness (QED) is 0.172. The molecule has 33 heavy (non-hydrogen) atoms. The topological polar surface area (TPSA) is 59.9 Å². The molecule has 4 rings (SSSR count). The maximum absolute atomic E-state index is 12.7. The van der Waals surface area contributed by atoms with Gasteiger partial charge in [-0.1, -0.05) is 60.7 Å². The van der Waals surface area contributed by atoms with E-state index in [9.17, 15) is 4.79 Å². The molecule has 0 unspecified atom stereocenters. The van der Waals surface area contributed by atoms with Crippen LogP contribution in [0.5, 0.6) is 11.5 Å². The number of amides is 1. The Morgan fingerprint density at radius 3 is 2.61 bits per heavy atom. The zero-order chi connectivity index (χ0) is 23.2. The summed E-state index contributed by atoms with van der Waals surface area (Å²) in [6.45, 7) is 2.51. The highest BCUT2D eigenvalue weighted by Gasteiger charge is 2.13. The zero-order valence-corrected chi connectivity index (χ0v) is 20.5. The van der Waals surface area contributed by atoms with Gasteiger partial charge in [0.1, 0.15) is 6.61 Å². The number of methoxy groups -OCH3 is 1. The fourth-order valence-electron chi connectivity index (χ4n) is 3.53. The van der Waals surface area contributed by atoms with Crippen molar-refractivity contribution >= 4 is 45.5 Å². The molecule has 0 aliphatic heterocycles. The minimum atomic E-state index is -0.261. The normalized spacial score (nSPS) is 11.0. The monoisotopic (exact) mass is 550 g/mol. The molecule has 4 aromatic rings. The van der Waals surface area contributed by atoms with Crippen LogP contribution in [0.25, 0.3) is 10.8 Å². The van der Waals surface area contributed by atoms with Gasteiger partial charge in [-0.15, -0.1) is 0 Å². The van der Waals surface area contributed by atoms with Crippen molar-refractivity contribution in [2.45, 2.75) is 13.5 Å². The summed E-state index contributed by atoms with van der Waals surface area (Å²) in [6, 6.07) is 25.3. The van der Waals surface area contributed by atoms with Gasteiger partial charge in [0.25, 0.3) is 5.91 Å². The van der Waals surface area contributed by atoms with E-state index in [2.05, 4.69) is 46.1 Å². The van der Waals surface area contributed by atoms with E-state index in [1.807, 2.05) is 66.7 Å². The van der Waals surface area contributed by atoms with Crippen molar-refractivity contribution in [3.8, 4) is 11.5 Å². The molecule has 0 saturated heterocycles. The number of ether oxygens (including phenoxy) is 2. The number of aryl methyl sites for hydroxylation is 1.